The molecular formula is C15H21Cl2SiZr. The topological polar surface area (TPSA) is 0 Å². The SMILES string of the molecule is CC1=C(C)C(C2=CC=CC2)[C]([Zr+2]=[Si](C)C)=C1C.[Cl-].[Cl-]. The van der Waals surface area contributed by atoms with Gasteiger partial charge in [0.1, 0.15) is 0 Å². The Kier molecular flexibility index (Phi) is 8.45. The van der Waals surface area contributed by atoms with Crippen LogP contribution in [0.15, 0.2) is 43.8 Å². The zero-order valence-electron chi connectivity index (χ0n) is 12.3. The van der Waals surface area contributed by atoms with Crippen molar-refractivity contribution in [1.82, 2.24) is 0 Å². The summed E-state index contributed by atoms with van der Waals surface area (Å²) in [5.74, 6) is 0.705. The fraction of sp³-hybridized carbons (Fsp3) is 0.467. The molecule has 103 valence electrons. The number of hydrogen-bond acceptors (Lipinski definition) is 0. The van der Waals surface area contributed by atoms with Gasteiger partial charge in [0.2, 0.25) is 0 Å². The molecule has 0 fully saturated rings. The number of halogens is 2. The van der Waals surface area contributed by atoms with Crippen LogP contribution in [0.25, 0.3) is 0 Å². The van der Waals surface area contributed by atoms with Crippen LogP contribution in [0.1, 0.15) is 27.2 Å². The third kappa shape index (κ3) is 4.06. The number of rotatable bonds is 2. The predicted molar refractivity (Wildman–Crippen MR) is 73.9 cm³/mol. The third-order valence-corrected chi connectivity index (χ3v) is 11.9. The molecule has 0 amide bonds. The first-order valence-electron chi connectivity index (χ1n) is 6.33. The van der Waals surface area contributed by atoms with Crippen LogP contribution in [-0.4, -0.2) is 5.43 Å². The minimum absolute atomic E-state index is 0. The summed E-state index contributed by atoms with van der Waals surface area (Å²) in [4.78, 5) is 0. The summed E-state index contributed by atoms with van der Waals surface area (Å²) in [6.07, 6.45) is 8.08. The smallest absolute Gasteiger partial charge is 1.00 e. The average Bonchev–Trinajstić information content (AvgIpc) is 2.84. The van der Waals surface area contributed by atoms with Crippen LogP contribution in [0, 0.1) is 5.92 Å². The van der Waals surface area contributed by atoms with Gasteiger partial charge in [-0.3, -0.25) is 0 Å². The van der Waals surface area contributed by atoms with Gasteiger partial charge in [-0.1, -0.05) is 0 Å². The first-order chi connectivity index (χ1) is 8.02. The second-order valence-electron chi connectivity index (χ2n) is 5.28. The second-order valence-corrected chi connectivity index (χ2v) is 18.1. The predicted octanol–water partition coefficient (Wildman–Crippen LogP) is -1.55. The normalized spacial score (nSPS) is 20.9. The fourth-order valence-corrected chi connectivity index (χ4v) is 11.5. The van der Waals surface area contributed by atoms with E-state index in [1.807, 2.05) is 3.28 Å². The molecule has 19 heavy (non-hydrogen) atoms. The van der Waals surface area contributed by atoms with Gasteiger partial charge >= 0.3 is 117 Å². The van der Waals surface area contributed by atoms with Crippen LogP contribution in [0.3, 0.4) is 0 Å². The van der Waals surface area contributed by atoms with Crippen molar-refractivity contribution in [3.05, 3.63) is 43.8 Å². The van der Waals surface area contributed by atoms with Gasteiger partial charge in [0.25, 0.3) is 0 Å². The zero-order chi connectivity index (χ0) is 12.6. The average molecular weight is 392 g/mol. The van der Waals surface area contributed by atoms with E-state index in [0.717, 1.165) is 0 Å². The molecule has 1 unspecified atom stereocenters. The van der Waals surface area contributed by atoms with Crippen LogP contribution in [0.2, 0.25) is 13.1 Å². The first-order valence-corrected chi connectivity index (χ1v) is 13.7. The van der Waals surface area contributed by atoms with Crippen molar-refractivity contribution in [2.75, 3.05) is 0 Å². The van der Waals surface area contributed by atoms with Gasteiger partial charge in [-0.25, -0.2) is 0 Å². The van der Waals surface area contributed by atoms with E-state index in [-0.39, 0.29) is 52.1 Å². The minimum Gasteiger partial charge on any atom is -1.00 e. The van der Waals surface area contributed by atoms with Gasteiger partial charge in [0.05, 0.1) is 0 Å². The van der Waals surface area contributed by atoms with E-state index in [4.69, 9.17) is 0 Å². The van der Waals surface area contributed by atoms with Gasteiger partial charge < -0.3 is 24.8 Å². The summed E-state index contributed by atoms with van der Waals surface area (Å²) < 4.78 is 1.89. The quantitative estimate of drug-likeness (QED) is 0.501. The maximum atomic E-state index is 2.50. The largest absolute Gasteiger partial charge is 1.00 e. The molecule has 0 N–H and O–H groups in total. The molecule has 0 heterocycles. The molecule has 0 spiro atoms. The molecule has 0 aliphatic heterocycles. The molecule has 0 nitrogen and oxygen atoms in total. The zero-order valence-corrected chi connectivity index (χ0v) is 17.2. The summed E-state index contributed by atoms with van der Waals surface area (Å²) in [7, 11) is 0. The van der Waals surface area contributed by atoms with Gasteiger partial charge in [-0.15, -0.1) is 0 Å². The Labute approximate surface area is 141 Å². The van der Waals surface area contributed by atoms with Crippen molar-refractivity contribution < 1.29 is 46.7 Å². The molecule has 0 saturated heterocycles. The minimum atomic E-state index is -0.298. The molecule has 0 aromatic rings. The van der Waals surface area contributed by atoms with Crippen molar-refractivity contribution in [3.8, 4) is 0 Å². The van der Waals surface area contributed by atoms with Crippen molar-refractivity contribution >= 4 is 5.43 Å². The number of allylic oxidation sites excluding steroid dienone is 8. The van der Waals surface area contributed by atoms with E-state index < -0.39 is 0 Å². The second kappa shape index (κ2) is 8.17. The molecular weight excluding hydrogens is 370 g/mol. The Balaban J connectivity index is 0.00000162. The van der Waals surface area contributed by atoms with Crippen LogP contribution in [-0.2, 0) is 21.9 Å². The molecule has 4 heteroatoms. The van der Waals surface area contributed by atoms with E-state index in [9.17, 15) is 0 Å². The Morgan fingerprint density at radius 2 is 1.74 bits per heavy atom. The molecule has 0 aromatic heterocycles. The van der Waals surface area contributed by atoms with Crippen molar-refractivity contribution in [3.63, 3.8) is 0 Å². The van der Waals surface area contributed by atoms with Crippen molar-refractivity contribution in [1.29, 1.82) is 0 Å². The van der Waals surface area contributed by atoms with Crippen LogP contribution < -0.4 is 24.8 Å². The summed E-state index contributed by atoms with van der Waals surface area (Å²) in [5.41, 5.74) is 6.50. The maximum absolute atomic E-state index is 2.50. The van der Waals surface area contributed by atoms with E-state index >= 15 is 0 Å². The van der Waals surface area contributed by atoms with Crippen LogP contribution in [0.4, 0.5) is 0 Å². The molecule has 2 aliphatic rings. The fourth-order valence-electron chi connectivity index (χ4n) is 2.72. The van der Waals surface area contributed by atoms with Gasteiger partial charge in [-0.2, -0.15) is 0 Å². The molecule has 0 saturated carbocycles. The standard InChI is InChI=1S/C13H15.C2H6Si.2ClH.Zr/c1-9-8-13(11(3)10(9)2)12-6-4-5-7-12;1-3-2;;;/h4-6,13H,7H2,1-3H3;1-2H3;2*1H;/q;;;;+2/p-2. The Morgan fingerprint density at radius 1 is 1.11 bits per heavy atom. The monoisotopic (exact) mass is 389 g/mol. The van der Waals surface area contributed by atoms with Crippen LogP contribution in [0.5, 0.6) is 0 Å². The van der Waals surface area contributed by atoms with Crippen LogP contribution >= 0.6 is 0 Å². The van der Waals surface area contributed by atoms with Gasteiger partial charge in [-0.05, 0) is 0 Å². The van der Waals surface area contributed by atoms with Gasteiger partial charge in [0.15, 0.2) is 0 Å². The molecule has 2 aliphatic carbocycles. The van der Waals surface area contributed by atoms with E-state index in [1.165, 1.54) is 6.42 Å². The Bertz CT molecular complexity index is 506. The Morgan fingerprint density at radius 3 is 2.21 bits per heavy atom. The summed E-state index contributed by atoms with van der Waals surface area (Å²) in [6.45, 7) is 12.0. The molecule has 0 radical (unpaired) electrons. The van der Waals surface area contributed by atoms with E-state index in [2.05, 4.69) is 52.1 Å². The molecule has 1 atom stereocenters. The molecule has 0 aromatic carbocycles. The summed E-state index contributed by atoms with van der Waals surface area (Å²) in [6, 6.07) is 0. The first kappa shape index (κ1) is 19.6. The maximum Gasteiger partial charge on any atom is -1.00 e. The third-order valence-electron chi connectivity index (χ3n) is 3.84. The van der Waals surface area contributed by atoms with Crippen molar-refractivity contribution in [2.45, 2.75) is 40.3 Å². The van der Waals surface area contributed by atoms with E-state index in [1.54, 1.807) is 22.3 Å². The van der Waals surface area contributed by atoms with Gasteiger partial charge in [0, 0.05) is 0 Å². The number of hydrogen-bond donors (Lipinski definition) is 0. The summed E-state index contributed by atoms with van der Waals surface area (Å²) >= 11 is -0.298. The Hall–Kier alpha value is 0.640. The molecule has 0 bridgehead atoms. The molecule has 2 rings (SSSR count). The van der Waals surface area contributed by atoms with E-state index in [0.29, 0.717) is 5.92 Å². The summed E-state index contributed by atoms with van der Waals surface area (Å²) in [5, 5.41) is 0. The van der Waals surface area contributed by atoms with Crippen molar-refractivity contribution in [2.24, 2.45) is 5.92 Å².